The van der Waals surface area contributed by atoms with E-state index in [2.05, 4.69) is 22.3 Å². The third-order valence-corrected chi connectivity index (χ3v) is 6.73. The van der Waals surface area contributed by atoms with Crippen LogP contribution < -0.4 is 5.43 Å². The summed E-state index contributed by atoms with van der Waals surface area (Å²) in [5.41, 5.74) is 7.67. The van der Waals surface area contributed by atoms with Crippen LogP contribution in [0.25, 0.3) is 5.70 Å². The van der Waals surface area contributed by atoms with Gasteiger partial charge in [-0.1, -0.05) is 29.8 Å². The topological polar surface area (TPSA) is 42.0 Å². The summed E-state index contributed by atoms with van der Waals surface area (Å²) in [4.78, 5) is 4.68. The fraction of sp³-hybridized carbons (Fsp3) is 0.385. The van der Waals surface area contributed by atoms with Gasteiger partial charge >= 0.3 is 0 Å². The standard InChI is InChI=1S/C26H32ClFN4O/c1-19-16-21(9-10-24(19)28)25-17-22(18-31-14-12-30(2)13-15-31)26(33)32(29-25)11-5-7-20-6-3-4-8-23(20)27/h3-4,6,8-10,16-17,29,33H,5,7,11-15,18H2,1-2H3. The second kappa shape index (κ2) is 10.6. The number of halogens is 2. The SMILES string of the molecule is Cc1cc(C2=CC(CN3CCN(C)CC3)=C(O)N(CCCc3ccccc3Cl)N2)ccc1F. The number of aryl methyl sites for hydroxylation is 2. The molecular weight excluding hydrogens is 439 g/mol. The molecule has 1 saturated heterocycles. The Bertz CT molecular complexity index is 1050. The molecule has 4 rings (SSSR count). The van der Waals surface area contributed by atoms with E-state index >= 15 is 0 Å². The molecule has 2 aromatic carbocycles. The van der Waals surface area contributed by atoms with Gasteiger partial charge in [0.15, 0.2) is 0 Å². The summed E-state index contributed by atoms with van der Waals surface area (Å²) in [6, 6.07) is 13.0. The molecule has 2 aliphatic heterocycles. The molecule has 0 spiro atoms. The van der Waals surface area contributed by atoms with Gasteiger partial charge < -0.3 is 10.0 Å². The van der Waals surface area contributed by atoms with Gasteiger partial charge in [-0.2, -0.15) is 0 Å². The summed E-state index contributed by atoms with van der Waals surface area (Å²) in [6.07, 6.45) is 3.62. The number of likely N-dealkylation sites (N-methyl/N-ethyl adjacent to an activating group) is 1. The first-order chi connectivity index (χ1) is 15.9. The van der Waals surface area contributed by atoms with Crippen LogP contribution >= 0.6 is 11.6 Å². The van der Waals surface area contributed by atoms with Gasteiger partial charge in [0, 0.05) is 49.9 Å². The lowest BCUT2D eigenvalue weighted by molar-refractivity contribution is 0.142. The number of hydrogen-bond acceptors (Lipinski definition) is 5. The second-order valence-electron chi connectivity index (χ2n) is 8.91. The van der Waals surface area contributed by atoms with Gasteiger partial charge in [-0.25, -0.2) is 4.39 Å². The number of aliphatic hydroxyl groups is 1. The molecule has 2 aromatic rings. The Morgan fingerprint density at radius 2 is 1.85 bits per heavy atom. The van der Waals surface area contributed by atoms with Crippen molar-refractivity contribution in [2.45, 2.75) is 19.8 Å². The summed E-state index contributed by atoms with van der Waals surface area (Å²) in [6.45, 7) is 7.01. The van der Waals surface area contributed by atoms with Gasteiger partial charge in [-0.05, 0) is 73.8 Å². The summed E-state index contributed by atoms with van der Waals surface area (Å²) >= 11 is 6.31. The van der Waals surface area contributed by atoms with E-state index in [9.17, 15) is 9.50 Å². The molecule has 2 heterocycles. The van der Waals surface area contributed by atoms with Gasteiger partial charge in [-0.15, -0.1) is 0 Å². The highest BCUT2D eigenvalue weighted by molar-refractivity contribution is 6.31. The number of hydrogen-bond donors (Lipinski definition) is 2. The number of piperazine rings is 1. The number of nitrogens with one attached hydrogen (secondary N) is 1. The minimum absolute atomic E-state index is 0.220. The zero-order valence-electron chi connectivity index (χ0n) is 19.3. The highest BCUT2D eigenvalue weighted by atomic mass is 35.5. The first kappa shape index (κ1) is 23.6. The number of hydrazine groups is 1. The van der Waals surface area contributed by atoms with Crippen molar-refractivity contribution in [3.8, 4) is 0 Å². The molecule has 1 fully saturated rings. The second-order valence-corrected chi connectivity index (χ2v) is 9.32. The molecule has 0 aromatic heterocycles. The van der Waals surface area contributed by atoms with Crippen LogP contribution in [-0.4, -0.2) is 66.2 Å². The van der Waals surface area contributed by atoms with Gasteiger partial charge in [0.25, 0.3) is 0 Å². The Kier molecular flexibility index (Phi) is 7.58. The Morgan fingerprint density at radius 1 is 1.09 bits per heavy atom. The van der Waals surface area contributed by atoms with E-state index in [1.54, 1.807) is 18.0 Å². The van der Waals surface area contributed by atoms with Crippen LogP contribution in [0, 0.1) is 12.7 Å². The summed E-state index contributed by atoms with van der Waals surface area (Å²) < 4.78 is 13.9. The molecule has 0 bridgehead atoms. The van der Waals surface area contributed by atoms with Gasteiger partial charge in [0.2, 0.25) is 5.88 Å². The first-order valence-corrected chi connectivity index (χ1v) is 11.9. The van der Waals surface area contributed by atoms with Crippen molar-refractivity contribution in [1.29, 1.82) is 0 Å². The van der Waals surface area contributed by atoms with Crippen LogP contribution in [-0.2, 0) is 6.42 Å². The first-order valence-electron chi connectivity index (χ1n) is 11.5. The van der Waals surface area contributed by atoms with Crippen molar-refractivity contribution >= 4 is 17.3 Å². The predicted molar refractivity (Wildman–Crippen MR) is 132 cm³/mol. The minimum Gasteiger partial charge on any atom is -0.493 e. The minimum atomic E-state index is -0.220. The summed E-state index contributed by atoms with van der Waals surface area (Å²) in [5.74, 6) is 0.0264. The van der Waals surface area contributed by atoms with Crippen molar-refractivity contribution in [2.75, 3.05) is 46.3 Å². The Balaban J connectivity index is 1.53. The number of nitrogens with zero attached hydrogens (tertiary/aromatic N) is 3. The van der Waals surface area contributed by atoms with Gasteiger partial charge in [-0.3, -0.25) is 15.3 Å². The zero-order chi connectivity index (χ0) is 23.4. The van der Waals surface area contributed by atoms with E-state index in [4.69, 9.17) is 11.6 Å². The number of aliphatic hydroxyl groups excluding tert-OH is 1. The number of benzene rings is 2. The Hall–Kier alpha value is -2.54. The zero-order valence-corrected chi connectivity index (χ0v) is 20.1. The van der Waals surface area contributed by atoms with Crippen LogP contribution in [0.1, 0.15) is 23.1 Å². The molecule has 2 N–H and O–H groups in total. The highest BCUT2D eigenvalue weighted by Crippen LogP contribution is 2.25. The lowest BCUT2D eigenvalue weighted by atomic mass is 10.0. The Labute approximate surface area is 200 Å². The van der Waals surface area contributed by atoms with Crippen molar-refractivity contribution in [1.82, 2.24) is 20.2 Å². The smallest absolute Gasteiger partial charge is 0.210 e. The summed E-state index contributed by atoms with van der Waals surface area (Å²) in [5, 5.41) is 13.7. The normalized spacial score (nSPS) is 17.8. The third kappa shape index (κ3) is 5.88. The molecule has 0 saturated carbocycles. The van der Waals surface area contributed by atoms with Crippen molar-refractivity contribution < 1.29 is 9.50 Å². The van der Waals surface area contributed by atoms with E-state index < -0.39 is 0 Å². The third-order valence-electron chi connectivity index (χ3n) is 6.36. The van der Waals surface area contributed by atoms with Crippen molar-refractivity contribution in [2.24, 2.45) is 0 Å². The van der Waals surface area contributed by atoms with Crippen molar-refractivity contribution in [3.63, 3.8) is 0 Å². The average molecular weight is 471 g/mol. The largest absolute Gasteiger partial charge is 0.493 e. The maximum atomic E-state index is 13.9. The fourth-order valence-electron chi connectivity index (χ4n) is 4.26. The molecule has 2 aliphatic rings. The number of rotatable bonds is 7. The van der Waals surface area contributed by atoms with E-state index in [0.717, 1.165) is 66.4 Å². The van der Waals surface area contributed by atoms with Crippen LogP contribution in [0.5, 0.6) is 0 Å². The van der Waals surface area contributed by atoms with Crippen LogP contribution in [0.2, 0.25) is 5.02 Å². The molecule has 0 aliphatic carbocycles. The van der Waals surface area contributed by atoms with E-state index in [-0.39, 0.29) is 11.7 Å². The van der Waals surface area contributed by atoms with Crippen LogP contribution in [0.15, 0.2) is 60.0 Å². The van der Waals surface area contributed by atoms with E-state index in [1.165, 1.54) is 6.07 Å². The van der Waals surface area contributed by atoms with Gasteiger partial charge in [0.05, 0.1) is 5.70 Å². The molecule has 0 unspecified atom stereocenters. The quantitative estimate of drug-likeness (QED) is 0.619. The predicted octanol–water partition coefficient (Wildman–Crippen LogP) is 4.60. The lowest BCUT2D eigenvalue weighted by Crippen LogP contribution is -2.46. The van der Waals surface area contributed by atoms with E-state index in [0.29, 0.717) is 18.7 Å². The maximum Gasteiger partial charge on any atom is 0.210 e. The molecule has 0 amide bonds. The lowest BCUT2D eigenvalue weighted by Gasteiger charge is -2.36. The average Bonchev–Trinajstić information content (AvgIpc) is 2.80. The van der Waals surface area contributed by atoms with Gasteiger partial charge in [0.1, 0.15) is 5.82 Å². The van der Waals surface area contributed by atoms with Crippen molar-refractivity contribution in [3.05, 3.63) is 87.5 Å². The molecule has 5 nitrogen and oxygen atoms in total. The fourth-order valence-corrected chi connectivity index (χ4v) is 4.49. The Morgan fingerprint density at radius 3 is 2.58 bits per heavy atom. The van der Waals surface area contributed by atoms with E-state index in [1.807, 2.05) is 36.4 Å². The molecule has 7 heteroatoms. The van der Waals surface area contributed by atoms with Crippen LogP contribution in [0.4, 0.5) is 4.39 Å². The summed E-state index contributed by atoms with van der Waals surface area (Å²) in [7, 11) is 2.13. The van der Waals surface area contributed by atoms with Crippen LogP contribution in [0.3, 0.4) is 0 Å². The molecule has 176 valence electrons. The molecular formula is C26H32ClFN4O. The monoisotopic (exact) mass is 470 g/mol. The highest BCUT2D eigenvalue weighted by Gasteiger charge is 2.24. The molecule has 33 heavy (non-hydrogen) atoms. The molecule has 0 atom stereocenters. The maximum absolute atomic E-state index is 13.9. The molecule has 0 radical (unpaired) electrons.